The van der Waals surface area contributed by atoms with E-state index >= 15 is 0 Å². The van der Waals surface area contributed by atoms with Crippen LogP contribution in [0.1, 0.15) is 40.9 Å². The summed E-state index contributed by atoms with van der Waals surface area (Å²) in [6.07, 6.45) is 1.70. The number of benzene rings is 1. The van der Waals surface area contributed by atoms with E-state index in [1.54, 1.807) is 31.2 Å². The number of aryl methyl sites for hydroxylation is 1. The Kier molecular flexibility index (Phi) is 3.92. The second-order valence-electron chi connectivity index (χ2n) is 5.23. The van der Waals surface area contributed by atoms with Gasteiger partial charge in [0, 0.05) is 36.5 Å². The Balaban J connectivity index is 1.63. The summed E-state index contributed by atoms with van der Waals surface area (Å²) in [6.45, 7) is 3.19. The molecule has 5 nitrogen and oxygen atoms in total. The number of likely N-dealkylation sites (tertiary alicyclic amines) is 1. The number of hydrogen-bond acceptors (Lipinski definition) is 4. The molecule has 0 N–H and O–H groups in total. The van der Waals surface area contributed by atoms with Crippen LogP contribution in [0.5, 0.6) is 0 Å². The Morgan fingerprint density at radius 2 is 1.90 bits per heavy atom. The first-order valence-electron chi connectivity index (χ1n) is 6.98. The van der Waals surface area contributed by atoms with Crippen molar-refractivity contribution in [1.82, 2.24) is 15.1 Å². The minimum atomic E-state index is 0.0480. The van der Waals surface area contributed by atoms with E-state index in [1.165, 1.54) is 0 Å². The van der Waals surface area contributed by atoms with Gasteiger partial charge in [0.25, 0.3) is 5.91 Å². The molecule has 110 valence electrons. The highest BCUT2D eigenvalue weighted by Crippen LogP contribution is 2.27. The highest BCUT2D eigenvalue weighted by Gasteiger charge is 2.27. The number of hydrogen-bond donors (Lipinski definition) is 0. The lowest BCUT2D eigenvalue weighted by Gasteiger charge is -2.30. The van der Waals surface area contributed by atoms with Crippen molar-refractivity contribution in [2.24, 2.45) is 0 Å². The molecule has 0 aliphatic carbocycles. The summed E-state index contributed by atoms with van der Waals surface area (Å²) >= 11 is 5.84. The van der Waals surface area contributed by atoms with Gasteiger partial charge in [-0.15, -0.1) is 10.2 Å². The fourth-order valence-corrected chi connectivity index (χ4v) is 2.71. The predicted molar refractivity (Wildman–Crippen MR) is 78.4 cm³/mol. The molecule has 0 saturated carbocycles. The third-order valence-corrected chi connectivity index (χ3v) is 4.02. The van der Waals surface area contributed by atoms with Crippen LogP contribution >= 0.6 is 11.6 Å². The van der Waals surface area contributed by atoms with Gasteiger partial charge in [0.05, 0.1) is 0 Å². The fraction of sp³-hybridized carbons (Fsp3) is 0.400. The second kappa shape index (κ2) is 5.85. The zero-order valence-electron chi connectivity index (χ0n) is 11.8. The summed E-state index contributed by atoms with van der Waals surface area (Å²) in [5.74, 6) is 1.57. The molecule has 2 aromatic rings. The van der Waals surface area contributed by atoms with Crippen molar-refractivity contribution in [1.29, 1.82) is 0 Å². The minimum absolute atomic E-state index is 0.0480. The van der Waals surface area contributed by atoms with E-state index in [-0.39, 0.29) is 11.8 Å². The average Bonchev–Trinajstić information content (AvgIpc) is 2.94. The van der Waals surface area contributed by atoms with E-state index in [4.69, 9.17) is 16.0 Å². The van der Waals surface area contributed by atoms with E-state index < -0.39 is 0 Å². The monoisotopic (exact) mass is 305 g/mol. The van der Waals surface area contributed by atoms with E-state index in [2.05, 4.69) is 10.2 Å². The summed E-state index contributed by atoms with van der Waals surface area (Å²) in [5.41, 5.74) is 0.673. The highest BCUT2D eigenvalue weighted by molar-refractivity contribution is 6.30. The molecule has 3 rings (SSSR count). The van der Waals surface area contributed by atoms with E-state index in [9.17, 15) is 4.79 Å². The van der Waals surface area contributed by atoms with Crippen LogP contribution < -0.4 is 0 Å². The number of rotatable bonds is 2. The Labute approximate surface area is 127 Å². The number of amides is 1. The van der Waals surface area contributed by atoms with Crippen molar-refractivity contribution in [3.05, 3.63) is 46.6 Å². The summed E-state index contributed by atoms with van der Waals surface area (Å²) in [7, 11) is 0. The van der Waals surface area contributed by atoms with E-state index in [1.807, 2.05) is 4.90 Å². The smallest absolute Gasteiger partial charge is 0.253 e. The Bertz CT molecular complexity index is 631. The van der Waals surface area contributed by atoms with Gasteiger partial charge in [-0.25, -0.2) is 0 Å². The molecular formula is C15H16ClN3O2. The molecule has 1 aromatic carbocycles. The van der Waals surface area contributed by atoms with Gasteiger partial charge in [0.15, 0.2) is 0 Å². The molecule has 21 heavy (non-hydrogen) atoms. The predicted octanol–water partition coefficient (Wildman–Crippen LogP) is 3.05. The van der Waals surface area contributed by atoms with Crippen molar-refractivity contribution in [3.8, 4) is 0 Å². The first-order chi connectivity index (χ1) is 10.1. The zero-order chi connectivity index (χ0) is 14.8. The Hall–Kier alpha value is -1.88. The normalized spacial score (nSPS) is 16.2. The maximum atomic E-state index is 12.4. The first-order valence-corrected chi connectivity index (χ1v) is 7.36. The van der Waals surface area contributed by atoms with Crippen LogP contribution in [0.3, 0.4) is 0 Å². The Morgan fingerprint density at radius 3 is 2.48 bits per heavy atom. The SMILES string of the molecule is Cc1nnc(C2CCN(C(=O)c3ccc(Cl)cc3)CC2)o1. The summed E-state index contributed by atoms with van der Waals surface area (Å²) in [5, 5.41) is 8.57. The fourth-order valence-electron chi connectivity index (χ4n) is 2.58. The lowest BCUT2D eigenvalue weighted by atomic mass is 9.96. The third-order valence-electron chi connectivity index (χ3n) is 3.76. The van der Waals surface area contributed by atoms with E-state index in [0.29, 0.717) is 35.5 Å². The Morgan fingerprint density at radius 1 is 1.24 bits per heavy atom. The molecule has 0 atom stereocenters. The number of carbonyl (C=O) groups excluding carboxylic acids is 1. The molecule has 1 amide bonds. The lowest BCUT2D eigenvalue weighted by molar-refractivity contribution is 0.0706. The quantitative estimate of drug-likeness (QED) is 0.855. The molecule has 0 bridgehead atoms. The van der Waals surface area contributed by atoms with Gasteiger partial charge in [0.1, 0.15) is 0 Å². The lowest BCUT2D eigenvalue weighted by Crippen LogP contribution is -2.37. The van der Waals surface area contributed by atoms with Crippen LogP contribution in [0, 0.1) is 6.92 Å². The van der Waals surface area contributed by atoms with Crippen LogP contribution in [0.25, 0.3) is 0 Å². The molecule has 1 aliphatic rings. The van der Waals surface area contributed by atoms with Crippen molar-refractivity contribution in [2.45, 2.75) is 25.7 Å². The van der Waals surface area contributed by atoms with Gasteiger partial charge in [-0.2, -0.15) is 0 Å². The zero-order valence-corrected chi connectivity index (χ0v) is 12.5. The standard InChI is InChI=1S/C15H16ClN3O2/c1-10-17-18-14(21-10)11-6-8-19(9-7-11)15(20)12-2-4-13(16)5-3-12/h2-5,11H,6-9H2,1H3. The molecule has 0 unspecified atom stereocenters. The molecule has 1 aromatic heterocycles. The van der Waals surface area contributed by atoms with Gasteiger partial charge in [-0.3, -0.25) is 4.79 Å². The van der Waals surface area contributed by atoms with E-state index in [0.717, 1.165) is 12.8 Å². The van der Waals surface area contributed by atoms with Crippen molar-refractivity contribution >= 4 is 17.5 Å². The minimum Gasteiger partial charge on any atom is -0.425 e. The molecule has 1 aliphatic heterocycles. The van der Waals surface area contributed by atoms with Crippen LogP contribution in [-0.2, 0) is 0 Å². The number of piperidine rings is 1. The summed E-state index contributed by atoms with van der Waals surface area (Å²) < 4.78 is 5.48. The number of nitrogens with zero attached hydrogens (tertiary/aromatic N) is 3. The molecule has 0 radical (unpaired) electrons. The molecular weight excluding hydrogens is 290 g/mol. The van der Waals surface area contributed by atoms with Gasteiger partial charge in [0.2, 0.25) is 11.8 Å². The molecule has 1 saturated heterocycles. The van der Waals surface area contributed by atoms with Crippen molar-refractivity contribution < 1.29 is 9.21 Å². The number of halogens is 1. The topological polar surface area (TPSA) is 59.2 Å². The number of aromatic nitrogens is 2. The largest absolute Gasteiger partial charge is 0.425 e. The number of carbonyl (C=O) groups is 1. The van der Waals surface area contributed by atoms with Crippen LogP contribution in [-0.4, -0.2) is 34.1 Å². The molecule has 6 heteroatoms. The van der Waals surface area contributed by atoms with Gasteiger partial charge in [-0.05, 0) is 37.1 Å². The molecule has 0 spiro atoms. The second-order valence-corrected chi connectivity index (χ2v) is 5.67. The molecule has 2 heterocycles. The third kappa shape index (κ3) is 3.08. The maximum absolute atomic E-state index is 12.4. The van der Waals surface area contributed by atoms with Gasteiger partial charge < -0.3 is 9.32 Å². The van der Waals surface area contributed by atoms with Gasteiger partial charge in [-0.1, -0.05) is 11.6 Å². The van der Waals surface area contributed by atoms with Gasteiger partial charge >= 0.3 is 0 Å². The van der Waals surface area contributed by atoms with Crippen LogP contribution in [0.4, 0.5) is 0 Å². The van der Waals surface area contributed by atoms with Crippen molar-refractivity contribution in [3.63, 3.8) is 0 Å². The van der Waals surface area contributed by atoms with Crippen molar-refractivity contribution in [2.75, 3.05) is 13.1 Å². The first kappa shape index (κ1) is 14.1. The summed E-state index contributed by atoms with van der Waals surface area (Å²) in [4.78, 5) is 14.3. The highest BCUT2D eigenvalue weighted by atomic mass is 35.5. The molecule has 1 fully saturated rings. The maximum Gasteiger partial charge on any atom is 0.253 e. The van der Waals surface area contributed by atoms with Crippen LogP contribution in [0.15, 0.2) is 28.7 Å². The van der Waals surface area contributed by atoms with Crippen LogP contribution in [0.2, 0.25) is 5.02 Å². The average molecular weight is 306 g/mol. The summed E-state index contributed by atoms with van der Waals surface area (Å²) in [6, 6.07) is 7.00.